The molecule has 0 bridgehead atoms. The van der Waals surface area contributed by atoms with Gasteiger partial charge in [-0.3, -0.25) is 4.98 Å². The van der Waals surface area contributed by atoms with E-state index in [4.69, 9.17) is 9.97 Å². The van der Waals surface area contributed by atoms with Crippen LogP contribution in [0.3, 0.4) is 0 Å². The van der Waals surface area contributed by atoms with E-state index in [1.807, 2.05) is 6.20 Å². The molecule has 1 N–H and O–H groups in total. The molecule has 5 aromatic rings. The maximum absolute atomic E-state index is 4.86. The molecule has 6 nitrogen and oxygen atoms in total. The molecule has 1 aromatic carbocycles. The van der Waals surface area contributed by atoms with Crippen LogP contribution in [0.25, 0.3) is 33.2 Å². The lowest BCUT2D eigenvalue weighted by atomic mass is 9.88. The van der Waals surface area contributed by atoms with Crippen LogP contribution in [0.15, 0.2) is 55.1 Å². The predicted molar refractivity (Wildman–Crippen MR) is 123 cm³/mol. The monoisotopic (exact) mass is 408 g/mol. The van der Waals surface area contributed by atoms with Crippen molar-refractivity contribution in [2.75, 3.05) is 6.54 Å². The lowest BCUT2D eigenvalue weighted by molar-refractivity contribution is 0.566. The summed E-state index contributed by atoms with van der Waals surface area (Å²) in [6.07, 6.45) is 5.73. The Labute approximate surface area is 180 Å². The van der Waals surface area contributed by atoms with Gasteiger partial charge in [0.2, 0.25) is 0 Å². The molecular weight excluding hydrogens is 384 g/mol. The summed E-state index contributed by atoms with van der Waals surface area (Å²) in [7, 11) is 4.22. The molecule has 0 spiro atoms. The molecule has 1 atom stereocenters. The Morgan fingerprint density at radius 1 is 1.06 bits per heavy atom. The van der Waals surface area contributed by atoms with E-state index < -0.39 is 0 Å². The summed E-state index contributed by atoms with van der Waals surface area (Å²) in [5, 5.41) is 4.83. The zero-order valence-corrected chi connectivity index (χ0v) is 17.9. The highest BCUT2D eigenvalue weighted by Crippen LogP contribution is 2.39. The fraction of sp³-hybridized carbons (Fsp3) is 0.240. The van der Waals surface area contributed by atoms with Crippen LogP contribution in [-0.2, 0) is 20.6 Å². The van der Waals surface area contributed by atoms with Crippen molar-refractivity contribution in [2.45, 2.75) is 19.4 Å². The van der Waals surface area contributed by atoms with Gasteiger partial charge in [0.25, 0.3) is 0 Å². The zero-order chi connectivity index (χ0) is 21.1. The molecule has 1 aliphatic rings. The number of aromatic nitrogens is 5. The molecule has 0 saturated heterocycles. The summed E-state index contributed by atoms with van der Waals surface area (Å²) in [5.41, 5.74) is 10.4. The number of aryl methyl sites for hydroxylation is 3. The first-order valence-corrected chi connectivity index (χ1v) is 10.6. The molecule has 6 rings (SSSR count). The van der Waals surface area contributed by atoms with Gasteiger partial charge >= 0.3 is 0 Å². The van der Waals surface area contributed by atoms with Crippen molar-refractivity contribution < 1.29 is 0 Å². The van der Waals surface area contributed by atoms with Gasteiger partial charge in [0.15, 0.2) is 0 Å². The Morgan fingerprint density at radius 2 is 1.94 bits per heavy atom. The van der Waals surface area contributed by atoms with Gasteiger partial charge in [-0.2, -0.15) is 0 Å². The Hall–Kier alpha value is -3.51. The fourth-order valence-electron chi connectivity index (χ4n) is 5.07. The topological polar surface area (TPSA) is 60.6 Å². The van der Waals surface area contributed by atoms with Gasteiger partial charge in [-0.15, -0.1) is 0 Å². The molecule has 154 valence electrons. The third-order valence-electron chi connectivity index (χ3n) is 6.59. The van der Waals surface area contributed by atoms with Crippen LogP contribution < -0.4 is 5.32 Å². The van der Waals surface area contributed by atoms with Crippen LogP contribution in [0.2, 0.25) is 0 Å². The summed E-state index contributed by atoms with van der Waals surface area (Å²) in [4.78, 5) is 14.0. The van der Waals surface area contributed by atoms with Gasteiger partial charge in [0.05, 0.1) is 16.7 Å². The molecule has 6 heteroatoms. The van der Waals surface area contributed by atoms with E-state index in [0.29, 0.717) is 0 Å². The number of hydrogen-bond donors (Lipinski definition) is 1. The Balaban J connectivity index is 1.55. The maximum atomic E-state index is 4.86. The summed E-state index contributed by atoms with van der Waals surface area (Å²) in [5.74, 6) is 0.158. The van der Waals surface area contributed by atoms with Crippen LogP contribution in [0.1, 0.15) is 28.4 Å². The molecule has 1 unspecified atom stereocenters. The number of fused-ring (bicyclic) bond motifs is 4. The van der Waals surface area contributed by atoms with Crippen LogP contribution in [-0.4, -0.2) is 30.6 Å². The first-order valence-electron chi connectivity index (χ1n) is 10.6. The lowest BCUT2D eigenvalue weighted by Crippen LogP contribution is -2.30. The van der Waals surface area contributed by atoms with Gasteiger partial charge in [-0.25, -0.2) is 9.97 Å². The first-order chi connectivity index (χ1) is 15.1. The van der Waals surface area contributed by atoms with E-state index in [-0.39, 0.29) is 5.92 Å². The molecule has 5 heterocycles. The van der Waals surface area contributed by atoms with Gasteiger partial charge in [-0.05, 0) is 37.3 Å². The predicted octanol–water partition coefficient (Wildman–Crippen LogP) is 4.07. The van der Waals surface area contributed by atoms with E-state index in [2.05, 4.69) is 83.0 Å². The standard InChI is InChI=1S/C25H24N6/c1-15-4-6-22-24(29-15)20-13-26-12-19(25(20)31(22)3)18-11-27-14-28-23(18)17-5-7-21-16(10-17)8-9-30(21)2/h4-11,14,19,26H,12-13H2,1-3H3. The number of benzene rings is 1. The van der Waals surface area contributed by atoms with Gasteiger partial charge in [0.1, 0.15) is 6.33 Å². The summed E-state index contributed by atoms with van der Waals surface area (Å²) in [6, 6.07) is 13.0. The minimum atomic E-state index is 0.158. The third kappa shape index (κ3) is 2.72. The zero-order valence-electron chi connectivity index (χ0n) is 17.9. The normalized spacial score (nSPS) is 16.2. The Morgan fingerprint density at radius 3 is 2.84 bits per heavy atom. The average Bonchev–Trinajstić information content (AvgIpc) is 3.31. The van der Waals surface area contributed by atoms with Crippen molar-refractivity contribution in [3.05, 3.63) is 77.6 Å². The van der Waals surface area contributed by atoms with E-state index in [1.54, 1.807) is 6.33 Å². The Kier molecular flexibility index (Phi) is 3.98. The van der Waals surface area contributed by atoms with Crippen LogP contribution in [0.5, 0.6) is 0 Å². The summed E-state index contributed by atoms with van der Waals surface area (Å²) >= 11 is 0. The van der Waals surface area contributed by atoms with Gasteiger partial charge < -0.3 is 14.5 Å². The third-order valence-corrected chi connectivity index (χ3v) is 6.59. The van der Waals surface area contributed by atoms with Crippen molar-refractivity contribution in [2.24, 2.45) is 14.1 Å². The molecule has 0 saturated carbocycles. The van der Waals surface area contributed by atoms with Crippen LogP contribution in [0.4, 0.5) is 0 Å². The second-order valence-electron chi connectivity index (χ2n) is 8.45. The van der Waals surface area contributed by atoms with E-state index >= 15 is 0 Å². The minimum Gasteiger partial charge on any atom is -0.351 e. The largest absolute Gasteiger partial charge is 0.351 e. The van der Waals surface area contributed by atoms with Crippen molar-refractivity contribution in [3.8, 4) is 11.3 Å². The van der Waals surface area contributed by atoms with E-state index in [9.17, 15) is 0 Å². The number of hydrogen-bond acceptors (Lipinski definition) is 4. The quantitative estimate of drug-likeness (QED) is 0.478. The van der Waals surface area contributed by atoms with Crippen molar-refractivity contribution >= 4 is 21.9 Å². The molecule has 31 heavy (non-hydrogen) atoms. The molecule has 1 aliphatic heterocycles. The van der Waals surface area contributed by atoms with Crippen LogP contribution >= 0.6 is 0 Å². The van der Waals surface area contributed by atoms with E-state index in [0.717, 1.165) is 41.1 Å². The Bertz CT molecular complexity index is 1460. The minimum absolute atomic E-state index is 0.158. The molecule has 0 fully saturated rings. The second kappa shape index (κ2) is 6.75. The van der Waals surface area contributed by atoms with Crippen molar-refractivity contribution in [1.29, 1.82) is 0 Å². The molecule has 0 aliphatic carbocycles. The highest BCUT2D eigenvalue weighted by atomic mass is 15.0. The lowest BCUT2D eigenvalue weighted by Gasteiger charge is -2.26. The number of nitrogens with one attached hydrogen (secondary N) is 1. The van der Waals surface area contributed by atoms with Crippen molar-refractivity contribution in [1.82, 2.24) is 29.4 Å². The molecule has 0 radical (unpaired) electrons. The molecule has 4 aromatic heterocycles. The number of rotatable bonds is 2. The molecule has 0 amide bonds. The summed E-state index contributed by atoms with van der Waals surface area (Å²) < 4.78 is 4.45. The second-order valence-corrected chi connectivity index (χ2v) is 8.45. The fourth-order valence-corrected chi connectivity index (χ4v) is 5.07. The average molecular weight is 409 g/mol. The maximum Gasteiger partial charge on any atom is 0.116 e. The number of pyridine rings is 1. The summed E-state index contributed by atoms with van der Waals surface area (Å²) in [6.45, 7) is 3.73. The highest BCUT2D eigenvalue weighted by molar-refractivity contribution is 5.86. The smallest absolute Gasteiger partial charge is 0.116 e. The van der Waals surface area contributed by atoms with Crippen molar-refractivity contribution in [3.63, 3.8) is 0 Å². The van der Waals surface area contributed by atoms with E-state index in [1.165, 1.54) is 27.7 Å². The molecular formula is C25H24N6. The number of nitrogens with zero attached hydrogens (tertiary/aromatic N) is 5. The highest BCUT2D eigenvalue weighted by Gasteiger charge is 2.30. The SMILES string of the molecule is Cc1ccc2c(n1)c1c(n2C)C(c2cncnc2-c2ccc3c(ccn3C)c2)CNC1. The van der Waals surface area contributed by atoms with Gasteiger partial charge in [-0.1, -0.05) is 6.07 Å². The van der Waals surface area contributed by atoms with Gasteiger partial charge in [0, 0.05) is 84.5 Å². The first kappa shape index (κ1) is 18.3. The van der Waals surface area contributed by atoms with Crippen LogP contribution in [0, 0.1) is 6.92 Å².